The molecule has 1 unspecified atom stereocenters. The highest BCUT2D eigenvalue weighted by molar-refractivity contribution is 6.30. The van der Waals surface area contributed by atoms with Crippen molar-refractivity contribution in [2.75, 3.05) is 5.32 Å². The zero-order valence-electron chi connectivity index (χ0n) is 9.76. The summed E-state index contributed by atoms with van der Waals surface area (Å²) in [6.07, 6.45) is 3.09. The molecule has 1 aromatic heterocycles. The molecular weight excluding hydrogens is 248 g/mol. The first-order valence-corrected chi connectivity index (χ1v) is 5.81. The van der Waals surface area contributed by atoms with Crippen LogP contribution < -0.4 is 5.32 Å². The lowest BCUT2D eigenvalue weighted by molar-refractivity contribution is 0.860. The molecule has 2 aromatic rings. The Balaban J connectivity index is 2.09. The second-order valence-corrected chi connectivity index (χ2v) is 4.26. The smallest absolute Gasteiger partial charge is 0.223 e. The van der Waals surface area contributed by atoms with E-state index in [0.29, 0.717) is 16.5 Å². The Morgan fingerprint density at radius 3 is 2.39 bits per heavy atom. The van der Waals surface area contributed by atoms with Crippen LogP contribution in [0.5, 0.6) is 0 Å². The predicted octanol–water partition coefficient (Wildman–Crippen LogP) is 3.17. The van der Waals surface area contributed by atoms with Gasteiger partial charge < -0.3 is 5.32 Å². The topological polar surface area (TPSA) is 61.6 Å². The molecule has 1 heterocycles. The molecule has 1 N–H and O–H groups in total. The lowest BCUT2D eigenvalue weighted by Crippen LogP contribution is -2.09. The molecule has 1 atom stereocenters. The summed E-state index contributed by atoms with van der Waals surface area (Å²) in [6, 6.07) is 9.54. The monoisotopic (exact) mass is 258 g/mol. The zero-order chi connectivity index (χ0) is 13.0. The SMILES string of the molecule is CC(Nc1ncc(Cl)cn1)c1ccc(C#N)cc1. The Morgan fingerprint density at radius 1 is 1.22 bits per heavy atom. The Morgan fingerprint density at radius 2 is 1.83 bits per heavy atom. The summed E-state index contributed by atoms with van der Waals surface area (Å²) in [4.78, 5) is 8.14. The molecule has 1 aromatic carbocycles. The van der Waals surface area contributed by atoms with E-state index in [1.54, 1.807) is 24.5 Å². The number of halogens is 1. The van der Waals surface area contributed by atoms with Gasteiger partial charge in [0.1, 0.15) is 0 Å². The van der Waals surface area contributed by atoms with Crippen molar-refractivity contribution in [3.05, 3.63) is 52.8 Å². The second-order valence-electron chi connectivity index (χ2n) is 3.82. The van der Waals surface area contributed by atoms with Gasteiger partial charge in [-0.15, -0.1) is 0 Å². The first kappa shape index (κ1) is 12.3. The molecule has 0 aliphatic carbocycles. The molecule has 0 radical (unpaired) electrons. The van der Waals surface area contributed by atoms with E-state index in [1.165, 1.54) is 0 Å². The molecule has 5 heteroatoms. The van der Waals surface area contributed by atoms with E-state index in [-0.39, 0.29) is 6.04 Å². The van der Waals surface area contributed by atoms with Crippen LogP contribution in [-0.4, -0.2) is 9.97 Å². The molecule has 18 heavy (non-hydrogen) atoms. The lowest BCUT2D eigenvalue weighted by Gasteiger charge is -2.13. The summed E-state index contributed by atoms with van der Waals surface area (Å²) in [7, 11) is 0. The molecule has 0 saturated carbocycles. The van der Waals surface area contributed by atoms with Gasteiger partial charge >= 0.3 is 0 Å². The van der Waals surface area contributed by atoms with Crippen molar-refractivity contribution in [3.8, 4) is 6.07 Å². The zero-order valence-corrected chi connectivity index (χ0v) is 10.5. The standard InChI is InChI=1S/C13H11ClN4/c1-9(11-4-2-10(6-15)3-5-11)18-13-16-7-12(14)8-17-13/h2-5,7-9H,1H3,(H,16,17,18). The number of nitriles is 1. The maximum absolute atomic E-state index is 8.73. The molecule has 90 valence electrons. The average molecular weight is 259 g/mol. The first-order chi connectivity index (χ1) is 8.69. The van der Waals surface area contributed by atoms with Crippen LogP contribution in [0.4, 0.5) is 5.95 Å². The number of nitrogens with one attached hydrogen (secondary N) is 1. The van der Waals surface area contributed by atoms with Crippen LogP contribution in [0.25, 0.3) is 0 Å². The molecule has 0 amide bonds. The van der Waals surface area contributed by atoms with Crippen molar-refractivity contribution in [2.24, 2.45) is 0 Å². The van der Waals surface area contributed by atoms with Gasteiger partial charge in [0, 0.05) is 0 Å². The van der Waals surface area contributed by atoms with Crippen LogP contribution in [-0.2, 0) is 0 Å². The van der Waals surface area contributed by atoms with E-state index in [0.717, 1.165) is 5.56 Å². The van der Waals surface area contributed by atoms with Crippen molar-refractivity contribution in [2.45, 2.75) is 13.0 Å². The number of rotatable bonds is 3. The summed E-state index contributed by atoms with van der Waals surface area (Å²) in [6.45, 7) is 2.00. The maximum atomic E-state index is 8.73. The van der Waals surface area contributed by atoms with Crippen LogP contribution in [0, 0.1) is 11.3 Å². The van der Waals surface area contributed by atoms with Crippen LogP contribution in [0.3, 0.4) is 0 Å². The summed E-state index contributed by atoms with van der Waals surface area (Å²) in [5.74, 6) is 0.524. The summed E-state index contributed by atoms with van der Waals surface area (Å²) in [5, 5.41) is 12.4. The van der Waals surface area contributed by atoms with Crippen LogP contribution in [0.15, 0.2) is 36.7 Å². The summed E-state index contributed by atoms with van der Waals surface area (Å²) in [5.41, 5.74) is 1.71. The fourth-order valence-corrected chi connectivity index (χ4v) is 1.61. The van der Waals surface area contributed by atoms with Gasteiger partial charge in [0.05, 0.1) is 35.1 Å². The van der Waals surface area contributed by atoms with E-state index in [1.807, 2.05) is 19.1 Å². The van der Waals surface area contributed by atoms with Gasteiger partial charge in [0.25, 0.3) is 0 Å². The molecule has 0 spiro atoms. The maximum Gasteiger partial charge on any atom is 0.223 e. The molecule has 0 aliphatic heterocycles. The van der Waals surface area contributed by atoms with E-state index in [4.69, 9.17) is 16.9 Å². The number of hydrogen-bond donors (Lipinski definition) is 1. The molecule has 4 nitrogen and oxygen atoms in total. The average Bonchev–Trinajstić information content (AvgIpc) is 2.41. The molecule has 0 bridgehead atoms. The highest BCUT2D eigenvalue weighted by atomic mass is 35.5. The van der Waals surface area contributed by atoms with Crippen molar-refractivity contribution < 1.29 is 0 Å². The fraction of sp³-hybridized carbons (Fsp3) is 0.154. The van der Waals surface area contributed by atoms with Gasteiger partial charge in [-0.05, 0) is 24.6 Å². The van der Waals surface area contributed by atoms with E-state index in [2.05, 4.69) is 21.4 Å². The Kier molecular flexibility index (Phi) is 3.75. The molecule has 0 aliphatic rings. The molecule has 2 rings (SSSR count). The Labute approximate surface area is 110 Å². The van der Waals surface area contributed by atoms with Gasteiger partial charge in [0.15, 0.2) is 0 Å². The molecular formula is C13H11ClN4. The van der Waals surface area contributed by atoms with Gasteiger partial charge in [-0.3, -0.25) is 0 Å². The Bertz CT molecular complexity index is 557. The Hall–Kier alpha value is -2.12. The van der Waals surface area contributed by atoms with Gasteiger partial charge in [-0.25, -0.2) is 9.97 Å². The normalized spacial score (nSPS) is 11.6. The van der Waals surface area contributed by atoms with Crippen LogP contribution in [0.2, 0.25) is 5.02 Å². The molecule has 0 saturated heterocycles. The highest BCUT2D eigenvalue weighted by Gasteiger charge is 2.06. The third-order valence-electron chi connectivity index (χ3n) is 2.51. The minimum atomic E-state index is 0.0546. The van der Waals surface area contributed by atoms with Crippen LogP contribution >= 0.6 is 11.6 Å². The third kappa shape index (κ3) is 2.96. The highest BCUT2D eigenvalue weighted by Crippen LogP contribution is 2.17. The quantitative estimate of drug-likeness (QED) is 0.919. The minimum absolute atomic E-state index is 0.0546. The molecule has 0 fully saturated rings. The van der Waals surface area contributed by atoms with Gasteiger partial charge in [-0.1, -0.05) is 23.7 Å². The lowest BCUT2D eigenvalue weighted by atomic mass is 10.1. The van der Waals surface area contributed by atoms with Crippen molar-refractivity contribution in [1.82, 2.24) is 9.97 Å². The predicted molar refractivity (Wildman–Crippen MR) is 70.2 cm³/mol. The van der Waals surface area contributed by atoms with E-state index in [9.17, 15) is 0 Å². The third-order valence-corrected chi connectivity index (χ3v) is 2.70. The minimum Gasteiger partial charge on any atom is -0.348 e. The summed E-state index contributed by atoms with van der Waals surface area (Å²) < 4.78 is 0. The van der Waals surface area contributed by atoms with Crippen molar-refractivity contribution in [1.29, 1.82) is 5.26 Å². The van der Waals surface area contributed by atoms with Gasteiger partial charge in [0.2, 0.25) is 5.95 Å². The number of benzene rings is 1. The van der Waals surface area contributed by atoms with Crippen molar-refractivity contribution >= 4 is 17.5 Å². The van der Waals surface area contributed by atoms with Crippen molar-refractivity contribution in [3.63, 3.8) is 0 Å². The number of hydrogen-bond acceptors (Lipinski definition) is 4. The van der Waals surface area contributed by atoms with Gasteiger partial charge in [-0.2, -0.15) is 5.26 Å². The van der Waals surface area contributed by atoms with Crippen LogP contribution in [0.1, 0.15) is 24.1 Å². The largest absolute Gasteiger partial charge is 0.348 e. The van der Waals surface area contributed by atoms with E-state index >= 15 is 0 Å². The van der Waals surface area contributed by atoms with E-state index < -0.39 is 0 Å². The number of nitrogens with zero attached hydrogens (tertiary/aromatic N) is 3. The number of anilines is 1. The number of aromatic nitrogens is 2. The summed E-state index contributed by atoms with van der Waals surface area (Å²) >= 11 is 5.72. The fourth-order valence-electron chi connectivity index (χ4n) is 1.51. The second kappa shape index (κ2) is 5.48. The first-order valence-electron chi connectivity index (χ1n) is 5.43.